The molecule has 0 spiro atoms. The zero-order valence-electron chi connectivity index (χ0n) is 12.0. The van der Waals surface area contributed by atoms with E-state index in [1.54, 1.807) is 0 Å². The van der Waals surface area contributed by atoms with Crippen LogP contribution in [0.1, 0.15) is 33.1 Å². The summed E-state index contributed by atoms with van der Waals surface area (Å²) < 4.78 is 6.68. The van der Waals surface area contributed by atoms with Crippen LogP contribution in [0.3, 0.4) is 0 Å². The molecule has 1 rings (SSSR count). The van der Waals surface area contributed by atoms with E-state index < -0.39 is 20.6 Å². The first-order chi connectivity index (χ1) is 7.13. The quantitative estimate of drug-likeness (QED) is 0.843. The molecule has 16 heavy (non-hydrogen) atoms. The normalized spacial score (nSPS) is 31.4. The standard InChI is InChI=1S/C12H30N2S2/c1-11-9-8-10-12(2)14(11)16(6,7)13-15(3,4)5/h11-13H,8-10H2,1-7H3. The molecule has 2 atom stereocenters. The zero-order valence-corrected chi connectivity index (χ0v) is 13.7. The van der Waals surface area contributed by atoms with E-state index in [1.807, 2.05) is 0 Å². The van der Waals surface area contributed by atoms with Crippen LogP contribution in [0.25, 0.3) is 0 Å². The van der Waals surface area contributed by atoms with Crippen LogP contribution in [0, 0.1) is 0 Å². The van der Waals surface area contributed by atoms with E-state index >= 15 is 0 Å². The average Bonchev–Trinajstić information content (AvgIpc) is 1.97. The van der Waals surface area contributed by atoms with Gasteiger partial charge in [-0.1, -0.05) is 6.42 Å². The highest BCUT2D eigenvalue weighted by atomic mass is 32.3. The van der Waals surface area contributed by atoms with Gasteiger partial charge in [-0.25, -0.2) is 4.13 Å². The minimum absolute atomic E-state index is 0.633. The van der Waals surface area contributed by atoms with Crippen LogP contribution in [-0.4, -0.2) is 47.7 Å². The zero-order chi connectivity index (χ0) is 12.6. The summed E-state index contributed by atoms with van der Waals surface area (Å²) in [5, 5.41) is 0. The number of rotatable bonds is 3. The first kappa shape index (κ1) is 14.7. The summed E-state index contributed by atoms with van der Waals surface area (Å²) in [6.45, 7) is 4.79. The van der Waals surface area contributed by atoms with Gasteiger partial charge in [-0.15, -0.1) is 10.4 Å². The van der Waals surface area contributed by atoms with Crippen molar-refractivity contribution in [3.05, 3.63) is 0 Å². The summed E-state index contributed by atoms with van der Waals surface area (Å²) in [5.74, 6) is 0. The van der Waals surface area contributed by atoms with Gasteiger partial charge in [0.1, 0.15) is 0 Å². The lowest BCUT2D eigenvalue weighted by atomic mass is 10.0. The smallest absolute Gasteiger partial charge is 0.0173 e. The average molecular weight is 267 g/mol. The third kappa shape index (κ3) is 3.83. The molecule has 0 aromatic rings. The highest BCUT2D eigenvalue weighted by molar-refractivity contribution is 8.43. The lowest BCUT2D eigenvalue weighted by Crippen LogP contribution is -2.48. The second-order valence-electron chi connectivity index (χ2n) is 6.18. The van der Waals surface area contributed by atoms with Gasteiger partial charge in [0, 0.05) is 12.1 Å². The first-order valence-electron chi connectivity index (χ1n) is 6.12. The van der Waals surface area contributed by atoms with Gasteiger partial charge >= 0.3 is 0 Å². The van der Waals surface area contributed by atoms with Crippen molar-refractivity contribution in [2.75, 3.05) is 31.3 Å². The van der Waals surface area contributed by atoms with Crippen LogP contribution in [0.2, 0.25) is 0 Å². The lowest BCUT2D eigenvalue weighted by molar-refractivity contribution is 0.216. The fourth-order valence-corrected chi connectivity index (χ4v) is 10.2. The Morgan fingerprint density at radius 3 is 1.75 bits per heavy atom. The van der Waals surface area contributed by atoms with Crippen molar-refractivity contribution in [2.24, 2.45) is 0 Å². The van der Waals surface area contributed by atoms with Crippen molar-refractivity contribution < 1.29 is 0 Å². The van der Waals surface area contributed by atoms with Gasteiger partial charge in [-0.3, -0.25) is 4.31 Å². The lowest BCUT2D eigenvalue weighted by Gasteiger charge is -2.55. The highest BCUT2D eigenvalue weighted by Gasteiger charge is 2.34. The molecular weight excluding hydrogens is 236 g/mol. The summed E-state index contributed by atoms with van der Waals surface area (Å²) in [5.41, 5.74) is 0. The predicted molar refractivity (Wildman–Crippen MR) is 82.6 cm³/mol. The molecule has 4 heteroatoms. The molecule has 0 aromatic heterocycles. The monoisotopic (exact) mass is 266 g/mol. The maximum atomic E-state index is 3.92. The molecule has 100 valence electrons. The number of nitrogens with zero attached hydrogens (tertiary/aromatic N) is 1. The number of piperidine rings is 1. The van der Waals surface area contributed by atoms with E-state index in [0.29, 0.717) is 0 Å². The molecule has 1 aliphatic rings. The molecule has 1 heterocycles. The summed E-state index contributed by atoms with van der Waals surface area (Å²) in [7, 11) is -1.45. The van der Waals surface area contributed by atoms with Crippen molar-refractivity contribution in [1.29, 1.82) is 0 Å². The Balaban J connectivity index is 2.79. The van der Waals surface area contributed by atoms with Gasteiger partial charge in [-0.05, 0) is 58.0 Å². The maximum Gasteiger partial charge on any atom is 0.0173 e. The fraction of sp³-hybridized carbons (Fsp3) is 1.00. The van der Waals surface area contributed by atoms with E-state index in [0.717, 1.165) is 12.1 Å². The third-order valence-electron chi connectivity index (χ3n) is 3.09. The van der Waals surface area contributed by atoms with Gasteiger partial charge < -0.3 is 0 Å². The Kier molecular flexibility index (Phi) is 4.67. The molecule has 1 N–H and O–H groups in total. The minimum Gasteiger partial charge on any atom is -0.250 e. The third-order valence-corrected chi connectivity index (χ3v) is 8.50. The van der Waals surface area contributed by atoms with Crippen molar-refractivity contribution in [3.63, 3.8) is 0 Å². The highest BCUT2D eigenvalue weighted by Crippen LogP contribution is 2.53. The molecule has 0 bridgehead atoms. The van der Waals surface area contributed by atoms with Crippen LogP contribution in [0.5, 0.6) is 0 Å². The molecule has 1 saturated heterocycles. The molecule has 1 aliphatic heterocycles. The molecule has 2 unspecified atom stereocenters. The van der Waals surface area contributed by atoms with Crippen molar-refractivity contribution in [1.82, 2.24) is 8.43 Å². The molecule has 0 aromatic carbocycles. The van der Waals surface area contributed by atoms with Gasteiger partial charge in [0.2, 0.25) is 0 Å². The largest absolute Gasteiger partial charge is 0.250 e. The molecule has 1 fully saturated rings. The van der Waals surface area contributed by atoms with Crippen molar-refractivity contribution in [2.45, 2.75) is 45.2 Å². The van der Waals surface area contributed by atoms with E-state index in [-0.39, 0.29) is 0 Å². The van der Waals surface area contributed by atoms with E-state index in [1.165, 1.54) is 19.3 Å². The van der Waals surface area contributed by atoms with Crippen LogP contribution in [-0.2, 0) is 0 Å². The molecule has 2 nitrogen and oxygen atoms in total. The van der Waals surface area contributed by atoms with Crippen LogP contribution >= 0.6 is 20.6 Å². The van der Waals surface area contributed by atoms with E-state index in [4.69, 9.17) is 0 Å². The van der Waals surface area contributed by atoms with Gasteiger partial charge in [-0.2, -0.15) is 10.2 Å². The van der Waals surface area contributed by atoms with Crippen molar-refractivity contribution in [3.8, 4) is 0 Å². The molecule has 0 aliphatic carbocycles. The second-order valence-corrected chi connectivity index (χ2v) is 13.5. The van der Waals surface area contributed by atoms with E-state index in [2.05, 4.69) is 53.6 Å². The Morgan fingerprint density at radius 2 is 1.38 bits per heavy atom. The number of hydrogen-bond acceptors (Lipinski definition) is 2. The SMILES string of the molecule is CC1CCCC(C)N1S(C)(C)NS(C)(C)C. The minimum atomic E-state index is -0.819. The van der Waals surface area contributed by atoms with E-state index in [9.17, 15) is 0 Å². The summed E-state index contributed by atoms with van der Waals surface area (Å²) in [6, 6.07) is 1.48. The van der Waals surface area contributed by atoms with Gasteiger partial charge in [0.15, 0.2) is 0 Å². The molecule has 0 saturated carbocycles. The molecular formula is C12H30N2S2. The summed E-state index contributed by atoms with van der Waals surface area (Å²) in [4.78, 5) is 0. The topological polar surface area (TPSA) is 15.3 Å². The summed E-state index contributed by atoms with van der Waals surface area (Å²) >= 11 is 0. The number of nitrogens with one attached hydrogen (secondary N) is 1. The maximum absolute atomic E-state index is 3.92. The van der Waals surface area contributed by atoms with Gasteiger partial charge in [0.05, 0.1) is 0 Å². The Bertz CT molecular complexity index is 226. The molecule has 0 radical (unpaired) electrons. The summed E-state index contributed by atoms with van der Waals surface area (Å²) in [6.07, 6.45) is 16.0. The Morgan fingerprint density at radius 1 is 0.938 bits per heavy atom. The van der Waals surface area contributed by atoms with Gasteiger partial charge in [0.25, 0.3) is 0 Å². The number of hydrogen-bond donors (Lipinski definition) is 1. The Labute approximate surface area is 106 Å². The van der Waals surface area contributed by atoms with Crippen LogP contribution in [0.4, 0.5) is 0 Å². The Hall–Kier alpha value is 0.620. The first-order valence-corrected chi connectivity index (χ1v) is 11.4. The van der Waals surface area contributed by atoms with Crippen molar-refractivity contribution >= 4 is 20.6 Å². The fourth-order valence-electron chi connectivity index (χ4n) is 2.95. The predicted octanol–water partition coefficient (Wildman–Crippen LogP) is 3.34. The molecule has 0 amide bonds. The van der Waals surface area contributed by atoms with Crippen LogP contribution < -0.4 is 4.13 Å². The van der Waals surface area contributed by atoms with Crippen LogP contribution in [0.15, 0.2) is 0 Å². The second kappa shape index (κ2) is 5.09.